The molecule has 0 spiro atoms. The van der Waals surface area contributed by atoms with E-state index in [-0.39, 0.29) is 27.8 Å². The molecule has 0 saturated heterocycles. The Balaban J connectivity index is 1.71. The van der Waals surface area contributed by atoms with Gasteiger partial charge in [0, 0.05) is 6.54 Å². The third-order valence-corrected chi connectivity index (χ3v) is 7.20. The van der Waals surface area contributed by atoms with E-state index in [1.165, 1.54) is 18.9 Å². The maximum atomic E-state index is 12.7. The molecule has 10 nitrogen and oxygen atoms in total. The first kappa shape index (κ1) is 27.0. The summed E-state index contributed by atoms with van der Waals surface area (Å²) >= 11 is 2.10. The van der Waals surface area contributed by atoms with Crippen LogP contribution >= 0.6 is 23.1 Å². The number of carbonyl (C=O) groups excluding carboxylic acids is 3. The number of anilines is 1. The third-order valence-electron chi connectivity index (χ3n) is 5.01. The van der Waals surface area contributed by atoms with Gasteiger partial charge in [0.15, 0.2) is 11.0 Å². The van der Waals surface area contributed by atoms with Gasteiger partial charge in [-0.2, -0.15) is 0 Å². The van der Waals surface area contributed by atoms with Crippen molar-refractivity contribution in [3.8, 4) is 5.75 Å². The highest BCUT2D eigenvalue weighted by Crippen LogP contribution is 2.33. The zero-order valence-electron chi connectivity index (χ0n) is 20.4. The summed E-state index contributed by atoms with van der Waals surface area (Å²) in [5.74, 6) is -0.453. The molecule has 0 aliphatic rings. The number of esters is 1. The van der Waals surface area contributed by atoms with Crippen LogP contribution in [0, 0.1) is 20.8 Å². The van der Waals surface area contributed by atoms with Crippen molar-refractivity contribution in [3.05, 3.63) is 63.8 Å². The Hall–Kier alpha value is -3.64. The zero-order valence-corrected chi connectivity index (χ0v) is 22.0. The van der Waals surface area contributed by atoms with Gasteiger partial charge < -0.3 is 20.5 Å². The highest BCUT2D eigenvalue weighted by atomic mass is 32.2. The monoisotopic (exact) mass is 529 g/mol. The number of nitrogens with zero attached hydrogens (tertiary/aromatic N) is 3. The number of carbonyl (C=O) groups is 3. The first-order valence-electron chi connectivity index (χ1n) is 10.8. The molecule has 0 saturated carbocycles. The van der Waals surface area contributed by atoms with Crippen LogP contribution in [-0.2, 0) is 22.7 Å². The summed E-state index contributed by atoms with van der Waals surface area (Å²) in [7, 11) is 1.22. The Morgan fingerprint density at radius 2 is 1.89 bits per heavy atom. The van der Waals surface area contributed by atoms with E-state index < -0.39 is 17.8 Å². The standard InChI is InChI=1S/C24H27N5O5S2/c1-6-7-29-17(11-34-16-9-13(2)8-14(3)10-16)27-28-24(29)35-12-18(30)26-22-19(23(32)33-5)15(4)20(36-22)21(25)31/h6,8-10H,1,7,11-12H2,2-5H3,(H2,25,31)(H,26,30). The van der Waals surface area contributed by atoms with E-state index >= 15 is 0 Å². The second-order valence-corrected chi connectivity index (χ2v) is 9.83. The maximum absolute atomic E-state index is 12.7. The number of nitrogens with one attached hydrogen (secondary N) is 1. The molecule has 3 N–H and O–H groups in total. The van der Waals surface area contributed by atoms with Crippen LogP contribution in [0.1, 0.15) is 42.5 Å². The Labute approximate surface area is 216 Å². The quantitative estimate of drug-likeness (QED) is 0.218. The van der Waals surface area contributed by atoms with Crippen molar-refractivity contribution in [1.82, 2.24) is 14.8 Å². The van der Waals surface area contributed by atoms with Crippen LogP contribution in [0.15, 0.2) is 36.0 Å². The number of primary amides is 1. The number of rotatable bonds is 11. The van der Waals surface area contributed by atoms with Crippen LogP contribution < -0.4 is 15.8 Å². The largest absolute Gasteiger partial charge is 0.486 e. The molecule has 0 fully saturated rings. The number of aryl methyl sites for hydroxylation is 2. The first-order valence-corrected chi connectivity index (χ1v) is 12.6. The average Bonchev–Trinajstić information content (AvgIpc) is 3.35. The average molecular weight is 530 g/mol. The van der Waals surface area contributed by atoms with Crippen LogP contribution in [0.4, 0.5) is 5.00 Å². The normalized spacial score (nSPS) is 10.7. The predicted molar refractivity (Wildman–Crippen MR) is 139 cm³/mol. The van der Waals surface area contributed by atoms with Crippen molar-refractivity contribution in [1.29, 1.82) is 0 Å². The number of ether oxygens (including phenoxy) is 2. The number of nitrogens with two attached hydrogens (primary N) is 1. The molecular weight excluding hydrogens is 502 g/mol. The highest BCUT2D eigenvalue weighted by Gasteiger charge is 2.25. The number of benzene rings is 1. The molecule has 0 radical (unpaired) electrons. The molecule has 0 atom stereocenters. The van der Waals surface area contributed by atoms with E-state index in [0.29, 0.717) is 23.1 Å². The molecule has 0 unspecified atom stereocenters. The lowest BCUT2D eigenvalue weighted by Gasteiger charge is -2.10. The van der Waals surface area contributed by atoms with Crippen LogP contribution in [0.3, 0.4) is 0 Å². The Morgan fingerprint density at radius 1 is 1.19 bits per heavy atom. The molecule has 12 heteroatoms. The fraction of sp³-hybridized carbons (Fsp3) is 0.292. The number of amides is 2. The summed E-state index contributed by atoms with van der Waals surface area (Å²) in [6, 6.07) is 5.95. The lowest BCUT2D eigenvalue weighted by Crippen LogP contribution is -2.16. The molecule has 3 aromatic rings. The summed E-state index contributed by atoms with van der Waals surface area (Å²) in [6.45, 7) is 9.99. The molecule has 0 bridgehead atoms. The predicted octanol–water partition coefficient (Wildman–Crippen LogP) is 3.65. The Morgan fingerprint density at radius 3 is 2.50 bits per heavy atom. The third kappa shape index (κ3) is 6.32. The summed E-state index contributed by atoms with van der Waals surface area (Å²) in [6.07, 6.45) is 1.70. The van der Waals surface area contributed by atoms with Crippen molar-refractivity contribution < 1.29 is 23.9 Å². The van der Waals surface area contributed by atoms with E-state index in [0.717, 1.165) is 28.2 Å². The van der Waals surface area contributed by atoms with Gasteiger partial charge in [-0.05, 0) is 49.6 Å². The summed E-state index contributed by atoms with van der Waals surface area (Å²) in [5.41, 5.74) is 8.06. The van der Waals surface area contributed by atoms with Gasteiger partial charge in [-0.25, -0.2) is 4.79 Å². The number of methoxy groups -OCH3 is 1. The summed E-state index contributed by atoms with van der Waals surface area (Å²) in [4.78, 5) is 36.8. The van der Waals surface area contributed by atoms with Crippen molar-refractivity contribution in [2.24, 2.45) is 5.73 Å². The zero-order chi connectivity index (χ0) is 26.4. The number of allylic oxidation sites excluding steroid dienone is 1. The van der Waals surface area contributed by atoms with Gasteiger partial charge in [-0.1, -0.05) is 23.9 Å². The van der Waals surface area contributed by atoms with E-state index in [2.05, 4.69) is 28.2 Å². The maximum Gasteiger partial charge on any atom is 0.341 e. The number of thioether (sulfide) groups is 1. The molecule has 2 heterocycles. The molecular formula is C24H27N5O5S2. The molecule has 3 rings (SSSR count). The van der Waals surface area contributed by atoms with Crippen LogP contribution in [0.2, 0.25) is 0 Å². The van der Waals surface area contributed by atoms with Gasteiger partial charge in [0.05, 0.1) is 23.3 Å². The van der Waals surface area contributed by atoms with E-state index in [1.807, 2.05) is 30.5 Å². The number of aromatic nitrogens is 3. The van der Waals surface area contributed by atoms with E-state index in [4.69, 9.17) is 15.2 Å². The SMILES string of the molecule is C=CCn1c(COc2cc(C)cc(C)c2)nnc1SCC(=O)Nc1sc(C(N)=O)c(C)c1C(=O)OC. The van der Waals surface area contributed by atoms with Gasteiger partial charge in [-0.3, -0.25) is 14.2 Å². The second kappa shape index (κ2) is 11.9. The Kier molecular flexibility index (Phi) is 8.88. The minimum atomic E-state index is -0.689. The molecule has 190 valence electrons. The lowest BCUT2D eigenvalue weighted by molar-refractivity contribution is -0.113. The van der Waals surface area contributed by atoms with Gasteiger partial charge in [-0.15, -0.1) is 28.1 Å². The minimum absolute atomic E-state index is 0.0172. The smallest absolute Gasteiger partial charge is 0.341 e. The molecule has 2 aromatic heterocycles. The van der Waals surface area contributed by atoms with E-state index in [1.54, 1.807) is 13.0 Å². The van der Waals surface area contributed by atoms with Crippen LogP contribution in [0.25, 0.3) is 0 Å². The fourth-order valence-corrected chi connectivity index (χ4v) is 5.32. The molecule has 2 amide bonds. The second-order valence-electron chi connectivity index (χ2n) is 7.86. The lowest BCUT2D eigenvalue weighted by atomic mass is 10.1. The summed E-state index contributed by atoms with van der Waals surface area (Å²) < 4.78 is 12.5. The van der Waals surface area contributed by atoms with E-state index in [9.17, 15) is 14.4 Å². The highest BCUT2D eigenvalue weighted by molar-refractivity contribution is 7.99. The fourth-order valence-electron chi connectivity index (χ4n) is 3.49. The first-order chi connectivity index (χ1) is 17.1. The van der Waals surface area contributed by atoms with Gasteiger partial charge in [0.2, 0.25) is 5.91 Å². The van der Waals surface area contributed by atoms with Crippen LogP contribution in [-0.4, -0.2) is 45.4 Å². The topological polar surface area (TPSA) is 138 Å². The number of hydrogen-bond donors (Lipinski definition) is 2. The minimum Gasteiger partial charge on any atom is -0.486 e. The van der Waals surface area contributed by atoms with Crippen molar-refractivity contribution in [2.45, 2.75) is 39.1 Å². The molecule has 36 heavy (non-hydrogen) atoms. The van der Waals surface area contributed by atoms with Gasteiger partial charge >= 0.3 is 5.97 Å². The number of thiophene rings is 1. The van der Waals surface area contributed by atoms with Crippen molar-refractivity contribution >= 4 is 45.9 Å². The van der Waals surface area contributed by atoms with Crippen molar-refractivity contribution in [2.75, 3.05) is 18.2 Å². The molecule has 0 aliphatic carbocycles. The van der Waals surface area contributed by atoms with Gasteiger partial charge in [0.1, 0.15) is 17.4 Å². The Bertz CT molecular complexity index is 1290. The summed E-state index contributed by atoms with van der Waals surface area (Å²) in [5, 5.41) is 11.8. The molecule has 1 aromatic carbocycles. The van der Waals surface area contributed by atoms with Gasteiger partial charge in [0.25, 0.3) is 5.91 Å². The van der Waals surface area contributed by atoms with Crippen molar-refractivity contribution in [3.63, 3.8) is 0 Å². The number of hydrogen-bond acceptors (Lipinski definition) is 9. The molecule has 0 aliphatic heterocycles. The van der Waals surface area contributed by atoms with Crippen LogP contribution in [0.5, 0.6) is 5.75 Å².